The van der Waals surface area contributed by atoms with Gasteiger partial charge in [0, 0.05) is 17.3 Å². The molecule has 4 nitrogen and oxygen atoms in total. The Hall–Kier alpha value is -2.84. The van der Waals surface area contributed by atoms with E-state index in [1.54, 1.807) is 0 Å². The van der Waals surface area contributed by atoms with Gasteiger partial charge in [0.25, 0.3) is 6.43 Å². The highest BCUT2D eigenvalue weighted by molar-refractivity contribution is 5.89. The highest BCUT2D eigenvalue weighted by atomic mass is 19.3. The van der Waals surface area contributed by atoms with Gasteiger partial charge < -0.3 is 14.8 Å². The Morgan fingerprint density at radius 3 is 2.32 bits per heavy atom. The van der Waals surface area contributed by atoms with Crippen molar-refractivity contribution < 1.29 is 36.2 Å². The number of alkyl halides is 4. The minimum Gasteiger partial charge on any atom is -0.485 e. The Bertz CT molecular complexity index is 722. The standard InChI is InChI=1S/C16H12F5NO3/c17-10-5-9(7-23)15(13(6-10)24-8-14(18)19)22-11-1-3-12(4-2-11)25-16(20)21/h1-7,14,16,22H,8H2. The summed E-state index contributed by atoms with van der Waals surface area (Å²) >= 11 is 0. The van der Waals surface area contributed by atoms with Gasteiger partial charge in [0.1, 0.15) is 23.9 Å². The van der Waals surface area contributed by atoms with E-state index in [0.717, 1.165) is 12.1 Å². The first kappa shape index (κ1) is 18.5. The van der Waals surface area contributed by atoms with Crippen LogP contribution >= 0.6 is 0 Å². The number of carbonyl (C=O) groups is 1. The maximum absolute atomic E-state index is 13.5. The lowest BCUT2D eigenvalue weighted by Crippen LogP contribution is -2.09. The minimum absolute atomic E-state index is 0.0282. The fourth-order valence-corrected chi connectivity index (χ4v) is 1.96. The number of benzene rings is 2. The fourth-order valence-electron chi connectivity index (χ4n) is 1.96. The maximum Gasteiger partial charge on any atom is 0.387 e. The van der Waals surface area contributed by atoms with Crippen LogP contribution in [0.15, 0.2) is 36.4 Å². The molecular weight excluding hydrogens is 349 g/mol. The molecule has 0 radical (unpaired) electrons. The number of aldehydes is 1. The molecule has 0 spiro atoms. The third-order valence-electron chi connectivity index (χ3n) is 2.94. The van der Waals surface area contributed by atoms with Gasteiger partial charge in [0.15, 0.2) is 6.29 Å². The number of ether oxygens (including phenoxy) is 2. The van der Waals surface area contributed by atoms with Gasteiger partial charge in [0.05, 0.1) is 5.69 Å². The molecule has 0 saturated carbocycles. The molecule has 1 N–H and O–H groups in total. The minimum atomic E-state index is -2.98. The van der Waals surface area contributed by atoms with E-state index in [2.05, 4.69) is 10.1 Å². The van der Waals surface area contributed by atoms with E-state index in [-0.39, 0.29) is 22.7 Å². The summed E-state index contributed by atoms with van der Waals surface area (Å²) in [5.74, 6) is -1.21. The molecule has 2 aromatic rings. The molecule has 0 aliphatic carbocycles. The normalized spacial score (nSPS) is 10.8. The van der Waals surface area contributed by atoms with Crippen LogP contribution in [0.3, 0.4) is 0 Å². The van der Waals surface area contributed by atoms with Crippen molar-refractivity contribution in [2.75, 3.05) is 11.9 Å². The van der Waals surface area contributed by atoms with Gasteiger partial charge in [-0.15, -0.1) is 0 Å². The summed E-state index contributed by atoms with van der Waals surface area (Å²) in [6, 6.07) is 6.93. The van der Waals surface area contributed by atoms with Gasteiger partial charge >= 0.3 is 6.61 Å². The zero-order valence-electron chi connectivity index (χ0n) is 12.5. The van der Waals surface area contributed by atoms with Crippen molar-refractivity contribution in [1.82, 2.24) is 0 Å². The average molecular weight is 361 g/mol. The van der Waals surface area contributed by atoms with Crippen LogP contribution in [0.4, 0.5) is 33.3 Å². The highest BCUT2D eigenvalue weighted by Crippen LogP contribution is 2.33. The van der Waals surface area contributed by atoms with E-state index in [9.17, 15) is 26.7 Å². The Morgan fingerprint density at radius 2 is 1.76 bits per heavy atom. The first-order valence-corrected chi connectivity index (χ1v) is 6.90. The Balaban J connectivity index is 2.28. The first-order valence-electron chi connectivity index (χ1n) is 6.90. The summed E-state index contributed by atoms with van der Waals surface area (Å²) in [4.78, 5) is 11.1. The number of hydrogen-bond donors (Lipinski definition) is 1. The summed E-state index contributed by atoms with van der Waals surface area (Å²) < 4.78 is 71.4. The van der Waals surface area contributed by atoms with Crippen molar-refractivity contribution in [3.8, 4) is 11.5 Å². The molecule has 25 heavy (non-hydrogen) atoms. The number of carbonyl (C=O) groups excluding carboxylic acids is 1. The molecule has 0 heterocycles. The topological polar surface area (TPSA) is 47.6 Å². The van der Waals surface area contributed by atoms with Crippen LogP contribution in [0.1, 0.15) is 10.4 Å². The summed E-state index contributed by atoms with van der Waals surface area (Å²) in [5.41, 5.74) is 0.134. The smallest absolute Gasteiger partial charge is 0.387 e. The molecule has 0 fully saturated rings. The van der Waals surface area contributed by atoms with Gasteiger partial charge in [-0.25, -0.2) is 13.2 Å². The molecule has 134 valence electrons. The molecule has 2 rings (SSSR count). The van der Waals surface area contributed by atoms with Gasteiger partial charge in [-0.3, -0.25) is 4.79 Å². The summed E-state index contributed by atoms with van der Waals surface area (Å²) in [5, 5.41) is 2.71. The van der Waals surface area contributed by atoms with E-state index >= 15 is 0 Å². The van der Waals surface area contributed by atoms with E-state index < -0.39 is 25.5 Å². The van der Waals surface area contributed by atoms with Crippen LogP contribution in [0, 0.1) is 5.82 Å². The number of halogens is 5. The Kier molecular flexibility index (Phi) is 6.15. The Labute approximate surface area is 139 Å². The van der Waals surface area contributed by atoms with Crippen LogP contribution in [0.2, 0.25) is 0 Å². The summed E-state index contributed by atoms with van der Waals surface area (Å²) in [6.45, 7) is -3.97. The van der Waals surface area contributed by atoms with Crippen LogP contribution < -0.4 is 14.8 Å². The number of nitrogens with one attached hydrogen (secondary N) is 1. The lowest BCUT2D eigenvalue weighted by Gasteiger charge is -2.16. The van der Waals surface area contributed by atoms with Crippen molar-refractivity contribution in [2.24, 2.45) is 0 Å². The van der Waals surface area contributed by atoms with Crippen molar-refractivity contribution in [3.63, 3.8) is 0 Å². The fraction of sp³-hybridized carbons (Fsp3) is 0.188. The van der Waals surface area contributed by atoms with Crippen molar-refractivity contribution in [2.45, 2.75) is 13.0 Å². The molecule has 0 aliphatic heterocycles. The second-order valence-corrected chi connectivity index (χ2v) is 4.72. The van der Waals surface area contributed by atoms with Crippen LogP contribution in [-0.2, 0) is 0 Å². The van der Waals surface area contributed by atoms with Gasteiger partial charge in [0.2, 0.25) is 0 Å². The predicted molar refractivity (Wildman–Crippen MR) is 79.6 cm³/mol. The van der Waals surface area contributed by atoms with Gasteiger partial charge in [-0.1, -0.05) is 0 Å². The molecular formula is C16H12F5NO3. The zero-order valence-corrected chi connectivity index (χ0v) is 12.5. The molecule has 0 bridgehead atoms. The third kappa shape index (κ3) is 5.33. The number of rotatable bonds is 8. The lowest BCUT2D eigenvalue weighted by molar-refractivity contribution is -0.0498. The predicted octanol–water partition coefficient (Wildman–Crippen LogP) is 4.63. The van der Waals surface area contributed by atoms with E-state index in [4.69, 9.17) is 4.74 Å². The highest BCUT2D eigenvalue weighted by Gasteiger charge is 2.15. The first-order chi connectivity index (χ1) is 11.9. The molecule has 9 heteroatoms. The van der Waals surface area contributed by atoms with Gasteiger partial charge in [-0.05, 0) is 30.3 Å². The van der Waals surface area contributed by atoms with Crippen LogP contribution in [-0.4, -0.2) is 25.9 Å². The number of hydrogen-bond acceptors (Lipinski definition) is 4. The molecule has 0 amide bonds. The van der Waals surface area contributed by atoms with Crippen molar-refractivity contribution in [1.29, 1.82) is 0 Å². The van der Waals surface area contributed by atoms with Crippen LogP contribution in [0.5, 0.6) is 11.5 Å². The van der Waals surface area contributed by atoms with Crippen molar-refractivity contribution >= 4 is 17.7 Å². The quantitative estimate of drug-likeness (QED) is 0.550. The molecule has 0 aliphatic rings. The maximum atomic E-state index is 13.5. The third-order valence-corrected chi connectivity index (χ3v) is 2.94. The molecule has 0 atom stereocenters. The Morgan fingerprint density at radius 1 is 1.08 bits per heavy atom. The second-order valence-electron chi connectivity index (χ2n) is 4.72. The molecule has 0 saturated heterocycles. The van der Waals surface area contributed by atoms with E-state index in [1.165, 1.54) is 24.3 Å². The molecule has 0 unspecified atom stereocenters. The SMILES string of the molecule is O=Cc1cc(F)cc(OCC(F)F)c1Nc1ccc(OC(F)F)cc1. The largest absolute Gasteiger partial charge is 0.485 e. The average Bonchev–Trinajstić information content (AvgIpc) is 2.55. The van der Waals surface area contributed by atoms with Gasteiger partial charge in [-0.2, -0.15) is 8.78 Å². The second kappa shape index (κ2) is 8.32. The lowest BCUT2D eigenvalue weighted by atomic mass is 10.1. The summed E-state index contributed by atoms with van der Waals surface area (Å²) in [6.07, 6.45) is -2.46. The molecule has 2 aromatic carbocycles. The zero-order chi connectivity index (χ0) is 18.4. The van der Waals surface area contributed by atoms with E-state index in [0.29, 0.717) is 12.0 Å². The van der Waals surface area contributed by atoms with Crippen LogP contribution in [0.25, 0.3) is 0 Å². The monoisotopic (exact) mass is 361 g/mol. The molecule has 0 aromatic heterocycles. The van der Waals surface area contributed by atoms with E-state index in [1.807, 2.05) is 0 Å². The number of anilines is 2. The van der Waals surface area contributed by atoms with Crippen molar-refractivity contribution in [3.05, 3.63) is 47.8 Å². The summed E-state index contributed by atoms with van der Waals surface area (Å²) in [7, 11) is 0.